The number of halogens is 1. The molecule has 0 radical (unpaired) electrons. The SMILES string of the molecule is C[C@]12CCC(=O)N1[C@H](C(=O)NCCSCc1ccc(Br)s1)CS2. The smallest absolute Gasteiger partial charge is 0.243 e. The summed E-state index contributed by atoms with van der Waals surface area (Å²) in [6.07, 6.45) is 1.42. The topological polar surface area (TPSA) is 49.4 Å². The number of hydrogen-bond donors (Lipinski definition) is 1. The Hall–Kier alpha value is -0.180. The zero-order chi connectivity index (χ0) is 16.4. The number of fused-ring (bicyclic) bond motifs is 1. The van der Waals surface area contributed by atoms with Gasteiger partial charge in [0.2, 0.25) is 11.8 Å². The van der Waals surface area contributed by atoms with E-state index in [0.29, 0.717) is 18.7 Å². The van der Waals surface area contributed by atoms with Gasteiger partial charge >= 0.3 is 0 Å². The number of rotatable bonds is 6. The molecule has 0 bridgehead atoms. The Kier molecular flexibility index (Phi) is 5.65. The molecule has 1 N–H and O–H groups in total. The second-order valence-electron chi connectivity index (χ2n) is 5.81. The summed E-state index contributed by atoms with van der Waals surface area (Å²) in [6.45, 7) is 2.72. The Morgan fingerprint density at radius 2 is 2.39 bits per heavy atom. The molecule has 2 fully saturated rings. The molecular formula is C15H19BrN2O2S3. The molecule has 2 aliphatic heterocycles. The summed E-state index contributed by atoms with van der Waals surface area (Å²) in [5.41, 5.74) is 0. The molecule has 0 aromatic carbocycles. The second-order valence-corrected chi connectivity index (χ2v) is 11.0. The van der Waals surface area contributed by atoms with Gasteiger partial charge in [0.05, 0.1) is 8.66 Å². The molecule has 0 saturated carbocycles. The van der Waals surface area contributed by atoms with E-state index in [0.717, 1.165) is 21.7 Å². The minimum Gasteiger partial charge on any atom is -0.353 e. The molecule has 2 amide bonds. The van der Waals surface area contributed by atoms with Crippen LogP contribution in [0.5, 0.6) is 0 Å². The highest BCUT2D eigenvalue weighted by Gasteiger charge is 2.52. The van der Waals surface area contributed by atoms with Crippen molar-refractivity contribution in [2.45, 2.75) is 36.4 Å². The largest absolute Gasteiger partial charge is 0.353 e. The molecule has 0 unspecified atom stereocenters. The van der Waals surface area contributed by atoms with E-state index in [-0.39, 0.29) is 22.7 Å². The molecule has 1 aromatic heterocycles. The summed E-state index contributed by atoms with van der Waals surface area (Å²) in [5, 5.41) is 2.99. The zero-order valence-corrected chi connectivity index (χ0v) is 16.9. The molecule has 0 aliphatic carbocycles. The summed E-state index contributed by atoms with van der Waals surface area (Å²) in [6, 6.07) is 3.89. The van der Waals surface area contributed by atoms with Crippen molar-refractivity contribution in [3.63, 3.8) is 0 Å². The first-order chi connectivity index (χ1) is 11.0. The average Bonchev–Trinajstić information content (AvgIpc) is 3.15. The van der Waals surface area contributed by atoms with Crippen LogP contribution in [0.25, 0.3) is 0 Å². The maximum absolute atomic E-state index is 12.4. The molecule has 2 saturated heterocycles. The predicted molar refractivity (Wildman–Crippen MR) is 102 cm³/mol. The van der Waals surface area contributed by atoms with Gasteiger partial charge in [0.15, 0.2) is 0 Å². The van der Waals surface area contributed by atoms with Crippen LogP contribution in [0.1, 0.15) is 24.6 Å². The fraction of sp³-hybridized carbons (Fsp3) is 0.600. The number of thiophene rings is 1. The first-order valence-corrected chi connectivity index (χ1v) is 11.3. The Morgan fingerprint density at radius 1 is 1.57 bits per heavy atom. The van der Waals surface area contributed by atoms with Crippen LogP contribution in [0.4, 0.5) is 0 Å². The van der Waals surface area contributed by atoms with Crippen molar-refractivity contribution in [1.82, 2.24) is 10.2 Å². The van der Waals surface area contributed by atoms with Gasteiger partial charge in [0, 0.05) is 35.1 Å². The predicted octanol–water partition coefficient (Wildman–Crippen LogP) is 3.31. The molecule has 2 atom stereocenters. The molecule has 2 aliphatic rings. The number of carbonyl (C=O) groups is 2. The van der Waals surface area contributed by atoms with Gasteiger partial charge in [-0.05, 0) is 41.4 Å². The number of hydrogen-bond acceptors (Lipinski definition) is 5. The summed E-state index contributed by atoms with van der Waals surface area (Å²) < 4.78 is 1.15. The molecule has 126 valence electrons. The van der Waals surface area contributed by atoms with Gasteiger partial charge in [0.1, 0.15) is 6.04 Å². The van der Waals surface area contributed by atoms with Gasteiger partial charge in [-0.15, -0.1) is 23.1 Å². The zero-order valence-electron chi connectivity index (χ0n) is 12.8. The van der Waals surface area contributed by atoms with Gasteiger partial charge in [-0.25, -0.2) is 0 Å². The third-order valence-electron chi connectivity index (χ3n) is 4.17. The lowest BCUT2D eigenvalue weighted by atomic mass is 10.2. The first kappa shape index (κ1) is 17.6. The number of nitrogens with one attached hydrogen (secondary N) is 1. The lowest BCUT2D eigenvalue weighted by molar-refractivity contribution is -0.137. The van der Waals surface area contributed by atoms with Gasteiger partial charge in [-0.3, -0.25) is 9.59 Å². The second kappa shape index (κ2) is 7.37. The minimum atomic E-state index is -0.293. The molecule has 23 heavy (non-hydrogen) atoms. The van der Waals surface area contributed by atoms with Crippen molar-refractivity contribution >= 4 is 62.6 Å². The molecular weight excluding hydrogens is 416 g/mol. The van der Waals surface area contributed by atoms with Gasteiger partial charge in [-0.1, -0.05) is 0 Å². The van der Waals surface area contributed by atoms with E-state index in [2.05, 4.69) is 40.3 Å². The molecule has 3 rings (SSSR count). The van der Waals surface area contributed by atoms with Crippen LogP contribution < -0.4 is 5.32 Å². The molecule has 1 aromatic rings. The van der Waals surface area contributed by atoms with E-state index < -0.39 is 0 Å². The maximum Gasteiger partial charge on any atom is 0.243 e. The van der Waals surface area contributed by atoms with Crippen LogP contribution in [0, 0.1) is 0 Å². The Bertz CT molecular complexity index is 609. The van der Waals surface area contributed by atoms with Crippen LogP contribution in [0.2, 0.25) is 0 Å². The normalized spacial score (nSPS) is 26.6. The van der Waals surface area contributed by atoms with Gasteiger partial charge in [-0.2, -0.15) is 11.8 Å². The monoisotopic (exact) mass is 434 g/mol. The van der Waals surface area contributed by atoms with Crippen LogP contribution in [0.15, 0.2) is 15.9 Å². The Balaban J connectivity index is 1.40. The highest BCUT2D eigenvalue weighted by Crippen LogP contribution is 2.47. The molecule has 4 nitrogen and oxygen atoms in total. The van der Waals surface area contributed by atoms with Crippen molar-refractivity contribution in [1.29, 1.82) is 0 Å². The van der Waals surface area contributed by atoms with E-state index >= 15 is 0 Å². The maximum atomic E-state index is 12.4. The number of amides is 2. The lowest BCUT2D eigenvalue weighted by Crippen LogP contribution is -2.50. The Labute approximate surface area is 157 Å². The molecule has 8 heteroatoms. The summed E-state index contributed by atoms with van der Waals surface area (Å²) in [5.74, 6) is 2.68. The average molecular weight is 435 g/mol. The third kappa shape index (κ3) is 3.91. The van der Waals surface area contributed by atoms with E-state index in [1.54, 1.807) is 23.1 Å². The fourth-order valence-electron chi connectivity index (χ4n) is 2.98. The van der Waals surface area contributed by atoms with E-state index in [1.807, 2.05) is 16.7 Å². The number of thioether (sulfide) groups is 2. The van der Waals surface area contributed by atoms with E-state index in [1.165, 1.54) is 4.88 Å². The highest BCUT2D eigenvalue weighted by molar-refractivity contribution is 9.11. The standard InChI is InChI=1S/C15H19BrN2O2S3/c1-15-5-4-13(19)18(15)11(9-22-15)14(20)17-6-7-21-8-10-2-3-12(16)23-10/h2-3,11H,4-9H2,1H3,(H,17,20)/t11-,15-/m0/s1. The molecule has 3 heterocycles. The quantitative estimate of drug-likeness (QED) is 0.697. The summed E-state index contributed by atoms with van der Waals surface area (Å²) in [4.78, 5) is 27.4. The van der Waals surface area contributed by atoms with Crippen molar-refractivity contribution in [2.24, 2.45) is 0 Å². The van der Waals surface area contributed by atoms with E-state index in [4.69, 9.17) is 0 Å². The van der Waals surface area contributed by atoms with Gasteiger partial charge in [0.25, 0.3) is 0 Å². The van der Waals surface area contributed by atoms with Crippen LogP contribution in [-0.2, 0) is 15.3 Å². The van der Waals surface area contributed by atoms with Crippen molar-refractivity contribution in [3.8, 4) is 0 Å². The minimum absolute atomic E-state index is 0.00376. The van der Waals surface area contributed by atoms with E-state index in [9.17, 15) is 9.59 Å². The highest BCUT2D eigenvalue weighted by atomic mass is 79.9. The van der Waals surface area contributed by atoms with Crippen molar-refractivity contribution in [2.75, 3.05) is 18.1 Å². The number of nitrogens with zero attached hydrogens (tertiary/aromatic N) is 1. The van der Waals surface area contributed by atoms with Crippen molar-refractivity contribution in [3.05, 3.63) is 20.8 Å². The lowest BCUT2D eigenvalue weighted by Gasteiger charge is -2.29. The Morgan fingerprint density at radius 3 is 3.13 bits per heavy atom. The summed E-state index contributed by atoms with van der Waals surface area (Å²) >= 11 is 8.75. The van der Waals surface area contributed by atoms with Crippen LogP contribution >= 0.6 is 50.8 Å². The first-order valence-electron chi connectivity index (χ1n) is 7.55. The summed E-state index contributed by atoms with van der Waals surface area (Å²) in [7, 11) is 0. The van der Waals surface area contributed by atoms with Crippen molar-refractivity contribution < 1.29 is 9.59 Å². The van der Waals surface area contributed by atoms with Crippen LogP contribution in [-0.4, -0.2) is 45.7 Å². The van der Waals surface area contributed by atoms with Gasteiger partial charge < -0.3 is 10.2 Å². The number of carbonyl (C=O) groups excluding carboxylic acids is 2. The third-order valence-corrected chi connectivity index (χ3v) is 8.49. The molecule has 0 spiro atoms. The van der Waals surface area contributed by atoms with Crippen LogP contribution in [0.3, 0.4) is 0 Å². The fourth-order valence-corrected chi connectivity index (χ4v) is 6.87.